The van der Waals surface area contributed by atoms with Crippen LogP contribution < -0.4 is 9.47 Å². The molecule has 0 bridgehead atoms. The van der Waals surface area contributed by atoms with Crippen molar-refractivity contribution in [2.45, 2.75) is 9.79 Å². The number of hydrogen-bond acceptors (Lipinski definition) is 6. The minimum absolute atomic E-state index is 0.0226. The van der Waals surface area contributed by atoms with E-state index >= 15 is 0 Å². The molecular formula is C18H21FN2O6S2. The summed E-state index contributed by atoms with van der Waals surface area (Å²) in [7, 11) is -4.96. The zero-order valence-corrected chi connectivity index (χ0v) is 17.5. The number of ether oxygens (including phenoxy) is 2. The van der Waals surface area contributed by atoms with E-state index in [2.05, 4.69) is 0 Å². The highest BCUT2D eigenvalue weighted by Crippen LogP contribution is 2.31. The number of hydrogen-bond donors (Lipinski definition) is 0. The smallest absolute Gasteiger partial charge is 0.246 e. The molecule has 11 heteroatoms. The van der Waals surface area contributed by atoms with Gasteiger partial charge >= 0.3 is 0 Å². The predicted octanol–water partition coefficient (Wildman–Crippen LogP) is 1.54. The average Bonchev–Trinajstić information content (AvgIpc) is 2.73. The van der Waals surface area contributed by atoms with E-state index in [4.69, 9.17) is 9.47 Å². The molecular weight excluding hydrogens is 423 g/mol. The van der Waals surface area contributed by atoms with Crippen molar-refractivity contribution in [3.8, 4) is 11.5 Å². The zero-order valence-electron chi connectivity index (χ0n) is 15.9. The SMILES string of the molecule is COc1ccc(OC)c(S(=O)(=O)N2CCN(S(=O)(=O)c3ccc(F)cc3)CC2)c1. The lowest BCUT2D eigenvalue weighted by Gasteiger charge is -2.33. The standard InChI is InChI=1S/C18H21FN2O6S2/c1-26-15-5-8-17(27-2)18(13-15)29(24,25)21-11-9-20(10-12-21)28(22,23)16-6-3-14(19)4-7-16/h3-8,13H,9-12H2,1-2H3. The molecule has 1 fully saturated rings. The van der Waals surface area contributed by atoms with Crippen LogP contribution in [0.2, 0.25) is 0 Å². The Labute approximate surface area is 169 Å². The fraction of sp³-hybridized carbons (Fsp3) is 0.333. The van der Waals surface area contributed by atoms with E-state index in [0.717, 1.165) is 12.1 Å². The Bertz CT molecular complexity index is 1080. The number of benzene rings is 2. The molecule has 1 aliphatic rings. The Morgan fingerprint density at radius 3 is 1.86 bits per heavy atom. The van der Waals surface area contributed by atoms with E-state index in [1.807, 2.05) is 0 Å². The Balaban J connectivity index is 1.81. The van der Waals surface area contributed by atoms with Gasteiger partial charge in [-0.2, -0.15) is 8.61 Å². The van der Waals surface area contributed by atoms with Gasteiger partial charge in [-0.05, 0) is 36.4 Å². The van der Waals surface area contributed by atoms with Gasteiger partial charge in [0.2, 0.25) is 20.0 Å². The molecule has 0 unspecified atom stereocenters. The lowest BCUT2D eigenvalue weighted by atomic mass is 10.3. The maximum atomic E-state index is 13.1. The first-order valence-corrected chi connectivity index (χ1v) is 11.6. The van der Waals surface area contributed by atoms with Crippen LogP contribution >= 0.6 is 0 Å². The van der Waals surface area contributed by atoms with E-state index in [0.29, 0.717) is 5.75 Å². The number of rotatable bonds is 6. The molecule has 1 aliphatic heterocycles. The first kappa shape index (κ1) is 21.5. The summed E-state index contributed by atoms with van der Waals surface area (Å²) in [4.78, 5) is -0.0844. The van der Waals surface area contributed by atoms with Crippen molar-refractivity contribution in [1.29, 1.82) is 0 Å². The highest BCUT2D eigenvalue weighted by atomic mass is 32.2. The molecule has 0 saturated carbocycles. The van der Waals surface area contributed by atoms with Crippen molar-refractivity contribution in [3.05, 3.63) is 48.3 Å². The molecule has 0 amide bonds. The monoisotopic (exact) mass is 444 g/mol. The van der Waals surface area contributed by atoms with Crippen LogP contribution in [0.1, 0.15) is 0 Å². The highest BCUT2D eigenvalue weighted by molar-refractivity contribution is 7.89. The van der Waals surface area contributed by atoms with Crippen LogP contribution in [0.5, 0.6) is 11.5 Å². The fourth-order valence-electron chi connectivity index (χ4n) is 3.03. The van der Waals surface area contributed by atoms with Gasteiger partial charge in [-0.15, -0.1) is 0 Å². The number of nitrogens with zero attached hydrogens (tertiary/aromatic N) is 2. The van der Waals surface area contributed by atoms with Gasteiger partial charge in [-0.3, -0.25) is 0 Å². The van der Waals surface area contributed by atoms with Gasteiger partial charge in [0.25, 0.3) is 0 Å². The van der Waals surface area contributed by atoms with Crippen molar-refractivity contribution in [2.75, 3.05) is 40.4 Å². The van der Waals surface area contributed by atoms with Gasteiger partial charge in [-0.1, -0.05) is 0 Å². The van der Waals surface area contributed by atoms with E-state index in [9.17, 15) is 21.2 Å². The van der Waals surface area contributed by atoms with E-state index < -0.39 is 25.9 Å². The van der Waals surface area contributed by atoms with Crippen LogP contribution in [0.15, 0.2) is 52.3 Å². The lowest BCUT2D eigenvalue weighted by Crippen LogP contribution is -2.50. The van der Waals surface area contributed by atoms with Crippen LogP contribution in [0.3, 0.4) is 0 Å². The van der Waals surface area contributed by atoms with E-state index in [1.165, 1.54) is 47.1 Å². The largest absolute Gasteiger partial charge is 0.497 e. The topological polar surface area (TPSA) is 93.2 Å². The fourth-order valence-corrected chi connectivity index (χ4v) is 6.05. The van der Waals surface area contributed by atoms with Gasteiger partial charge < -0.3 is 9.47 Å². The molecule has 29 heavy (non-hydrogen) atoms. The average molecular weight is 445 g/mol. The second kappa shape index (κ2) is 8.27. The van der Waals surface area contributed by atoms with Crippen LogP contribution in [-0.2, 0) is 20.0 Å². The third kappa shape index (κ3) is 4.22. The van der Waals surface area contributed by atoms with Crippen LogP contribution in [0, 0.1) is 5.82 Å². The summed E-state index contributed by atoms with van der Waals surface area (Å²) in [6.45, 7) is -0.0946. The summed E-state index contributed by atoms with van der Waals surface area (Å²) in [5, 5.41) is 0. The molecule has 3 rings (SSSR count). The Hall–Kier alpha value is -2.21. The van der Waals surface area contributed by atoms with Gasteiger partial charge in [0, 0.05) is 32.2 Å². The maximum Gasteiger partial charge on any atom is 0.246 e. The quantitative estimate of drug-likeness (QED) is 0.671. The summed E-state index contributed by atoms with van der Waals surface area (Å²) < 4.78 is 77.3. The van der Waals surface area contributed by atoms with Gasteiger partial charge in [0.05, 0.1) is 19.1 Å². The van der Waals surface area contributed by atoms with Gasteiger partial charge in [0.1, 0.15) is 22.2 Å². The summed E-state index contributed by atoms with van der Waals surface area (Å²) in [5.74, 6) is 0.00108. The van der Waals surface area contributed by atoms with Gasteiger partial charge in [-0.25, -0.2) is 21.2 Å². The van der Waals surface area contributed by atoms with Crippen molar-refractivity contribution in [1.82, 2.24) is 8.61 Å². The highest BCUT2D eigenvalue weighted by Gasteiger charge is 2.35. The van der Waals surface area contributed by atoms with Crippen molar-refractivity contribution in [3.63, 3.8) is 0 Å². The van der Waals surface area contributed by atoms with Crippen molar-refractivity contribution < 1.29 is 30.7 Å². The minimum atomic E-state index is -3.92. The van der Waals surface area contributed by atoms with E-state index in [-0.39, 0.29) is 41.7 Å². The van der Waals surface area contributed by atoms with Crippen LogP contribution in [0.4, 0.5) is 4.39 Å². The second-order valence-corrected chi connectivity index (χ2v) is 10.1. The Kier molecular flexibility index (Phi) is 6.13. The van der Waals surface area contributed by atoms with Gasteiger partial charge in [0.15, 0.2) is 0 Å². The number of halogens is 1. The molecule has 2 aromatic carbocycles. The summed E-state index contributed by atoms with van der Waals surface area (Å²) >= 11 is 0. The first-order chi connectivity index (χ1) is 13.7. The second-order valence-electron chi connectivity index (χ2n) is 6.28. The zero-order chi connectivity index (χ0) is 21.2. The molecule has 0 spiro atoms. The van der Waals surface area contributed by atoms with Crippen LogP contribution in [-0.4, -0.2) is 65.8 Å². The van der Waals surface area contributed by atoms with E-state index in [1.54, 1.807) is 6.07 Å². The summed E-state index contributed by atoms with van der Waals surface area (Å²) in [6.07, 6.45) is 0. The van der Waals surface area contributed by atoms with Crippen molar-refractivity contribution in [2.24, 2.45) is 0 Å². The Morgan fingerprint density at radius 2 is 1.34 bits per heavy atom. The number of piperazine rings is 1. The molecule has 0 radical (unpaired) electrons. The molecule has 1 heterocycles. The molecule has 0 N–H and O–H groups in total. The molecule has 0 atom stereocenters. The lowest BCUT2D eigenvalue weighted by molar-refractivity contribution is 0.272. The Morgan fingerprint density at radius 1 is 0.793 bits per heavy atom. The summed E-state index contributed by atoms with van der Waals surface area (Å²) in [6, 6.07) is 8.98. The molecule has 8 nitrogen and oxygen atoms in total. The predicted molar refractivity (Wildman–Crippen MR) is 103 cm³/mol. The summed E-state index contributed by atoms with van der Waals surface area (Å²) in [5.41, 5.74) is 0. The first-order valence-electron chi connectivity index (χ1n) is 8.68. The number of sulfonamides is 2. The normalized spacial score (nSPS) is 16.5. The molecule has 158 valence electrons. The molecule has 1 saturated heterocycles. The third-order valence-electron chi connectivity index (χ3n) is 4.64. The minimum Gasteiger partial charge on any atom is -0.497 e. The molecule has 2 aromatic rings. The number of methoxy groups -OCH3 is 2. The molecule has 0 aromatic heterocycles. The maximum absolute atomic E-state index is 13.1. The van der Waals surface area contributed by atoms with Crippen molar-refractivity contribution >= 4 is 20.0 Å². The molecule has 0 aliphatic carbocycles. The van der Waals surface area contributed by atoms with Crippen LogP contribution in [0.25, 0.3) is 0 Å². The third-order valence-corrected chi connectivity index (χ3v) is 8.47.